The number of carbonyl (C=O) groups excluding carboxylic acids is 1. The number of alkyl halides is 3. The van der Waals surface area contributed by atoms with Crippen LogP contribution in [0.5, 0.6) is 11.6 Å². The molecule has 4 N–H and O–H groups in total. The number of nitrogens with one attached hydrogen (secondary N) is 3. The van der Waals surface area contributed by atoms with Crippen molar-refractivity contribution in [2.24, 2.45) is 0 Å². The Morgan fingerprint density at radius 2 is 1.79 bits per heavy atom. The van der Waals surface area contributed by atoms with Gasteiger partial charge in [0, 0.05) is 60.5 Å². The van der Waals surface area contributed by atoms with Crippen LogP contribution in [0.2, 0.25) is 0 Å². The molecule has 14 heteroatoms. The van der Waals surface area contributed by atoms with E-state index in [0.717, 1.165) is 25.2 Å². The topological polar surface area (TPSA) is 138 Å². The third-order valence-corrected chi connectivity index (χ3v) is 6.57. The molecule has 43 heavy (non-hydrogen) atoms. The van der Waals surface area contributed by atoms with E-state index in [0.29, 0.717) is 42.0 Å². The molecule has 1 aromatic heterocycles. The van der Waals surface area contributed by atoms with Gasteiger partial charge in [0.15, 0.2) is 0 Å². The highest BCUT2D eigenvalue weighted by molar-refractivity contribution is 6.02. The zero-order chi connectivity index (χ0) is 30.4. The molecule has 0 bridgehead atoms. The third kappa shape index (κ3) is 7.67. The predicted octanol–water partition coefficient (Wildman–Crippen LogP) is 5.34. The van der Waals surface area contributed by atoms with Crippen molar-refractivity contribution in [1.82, 2.24) is 20.2 Å². The zero-order valence-electron chi connectivity index (χ0n) is 22.6. The number of carbonyl (C=O) groups is 2. The van der Waals surface area contributed by atoms with E-state index < -0.39 is 23.7 Å². The number of halogens is 3. The van der Waals surface area contributed by atoms with Gasteiger partial charge in [0.25, 0.3) is 5.91 Å². The highest BCUT2D eigenvalue weighted by atomic mass is 19.4. The number of anilines is 3. The first-order valence-electron chi connectivity index (χ1n) is 13.3. The van der Waals surface area contributed by atoms with Gasteiger partial charge in [-0.2, -0.15) is 18.2 Å². The molecule has 224 valence electrons. The van der Waals surface area contributed by atoms with Gasteiger partial charge in [-0.1, -0.05) is 24.3 Å². The number of hydrogen-bond donors (Lipinski definition) is 4. The summed E-state index contributed by atoms with van der Waals surface area (Å²) in [7, 11) is 0. The number of rotatable bonds is 9. The SMILES string of the molecule is O=C(O)Nc1ccc(Oc2ccnc(Nc3cc(C(=O)NCCN4CCOCC4)cc(C(F)(F)F)c3)n2)c2ccccc12. The molecule has 4 aromatic rings. The van der Waals surface area contributed by atoms with E-state index in [-0.39, 0.29) is 29.6 Å². The number of carboxylic acid groups (broad SMARTS) is 1. The lowest BCUT2D eigenvalue weighted by Gasteiger charge is -2.26. The van der Waals surface area contributed by atoms with Gasteiger partial charge in [0.2, 0.25) is 11.8 Å². The van der Waals surface area contributed by atoms with Crippen LogP contribution in [0.3, 0.4) is 0 Å². The van der Waals surface area contributed by atoms with Gasteiger partial charge >= 0.3 is 12.3 Å². The molecule has 0 spiro atoms. The molecule has 1 aliphatic heterocycles. The number of aromatic nitrogens is 2. The Balaban J connectivity index is 1.34. The van der Waals surface area contributed by atoms with Crippen molar-refractivity contribution in [3.63, 3.8) is 0 Å². The van der Waals surface area contributed by atoms with Gasteiger partial charge in [-0.15, -0.1) is 0 Å². The fourth-order valence-electron chi connectivity index (χ4n) is 4.53. The minimum Gasteiger partial charge on any atom is -0.465 e. The zero-order valence-corrected chi connectivity index (χ0v) is 22.6. The Bertz CT molecular complexity index is 1630. The standard InChI is InChI=1S/C29H27F3N6O5/c30-29(31,32)19-15-18(26(39)33-9-10-38-11-13-42-14-12-38)16-20(17-19)35-27-34-8-7-25(37-27)43-24-6-5-23(36-28(40)41)21-3-1-2-4-22(21)24/h1-8,15-17,36H,9-14H2,(H,33,39)(H,40,41)(H,34,35,37). The van der Waals surface area contributed by atoms with Gasteiger partial charge in [0.05, 0.1) is 24.5 Å². The van der Waals surface area contributed by atoms with Crippen molar-refractivity contribution in [3.8, 4) is 11.6 Å². The quantitative estimate of drug-likeness (QED) is 0.202. The summed E-state index contributed by atoms with van der Waals surface area (Å²) >= 11 is 0. The van der Waals surface area contributed by atoms with Crippen LogP contribution < -0.4 is 20.7 Å². The van der Waals surface area contributed by atoms with Crippen molar-refractivity contribution in [2.45, 2.75) is 6.18 Å². The summed E-state index contributed by atoms with van der Waals surface area (Å²) in [5.41, 5.74) is -0.858. The van der Waals surface area contributed by atoms with E-state index >= 15 is 0 Å². The van der Waals surface area contributed by atoms with Crippen LogP contribution in [0.4, 0.5) is 35.3 Å². The van der Waals surface area contributed by atoms with Crippen LogP contribution in [0.15, 0.2) is 66.9 Å². The first-order valence-corrected chi connectivity index (χ1v) is 13.3. The summed E-state index contributed by atoms with van der Waals surface area (Å²) in [5, 5.41) is 18.1. The molecule has 2 amide bonds. The molecule has 0 saturated carbocycles. The molecule has 0 unspecified atom stereocenters. The molecular formula is C29H27F3N6O5. The number of benzene rings is 3. The molecule has 5 rings (SSSR count). The Labute approximate surface area is 243 Å². The lowest BCUT2D eigenvalue weighted by Crippen LogP contribution is -2.41. The summed E-state index contributed by atoms with van der Waals surface area (Å²) < 4.78 is 52.4. The number of hydrogen-bond acceptors (Lipinski definition) is 8. The molecular weight excluding hydrogens is 569 g/mol. The third-order valence-electron chi connectivity index (χ3n) is 6.57. The van der Waals surface area contributed by atoms with E-state index in [9.17, 15) is 22.8 Å². The highest BCUT2D eigenvalue weighted by Crippen LogP contribution is 2.35. The van der Waals surface area contributed by atoms with Crippen LogP contribution in [0, 0.1) is 0 Å². The molecule has 0 aliphatic carbocycles. The average molecular weight is 597 g/mol. The first kappa shape index (κ1) is 29.5. The second-order valence-electron chi connectivity index (χ2n) is 9.54. The number of ether oxygens (including phenoxy) is 2. The van der Waals surface area contributed by atoms with Crippen LogP contribution in [0.25, 0.3) is 10.8 Å². The Morgan fingerprint density at radius 3 is 2.53 bits per heavy atom. The number of morpholine rings is 1. The first-order chi connectivity index (χ1) is 20.7. The lowest BCUT2D eigenvalue weighted by molar-refractivity contribution is -0.137. The minimum absolute atomic E-state index is 0.0418. The number of amides is 2. The van der Waals surface area contributed by atoms with Crippen molar-refractivity contribution in [2.75, 3.05) is 50.0 Å². The molecule has 1 saturated heterocycles. The van der Waals surface area contributed by atoms with E-state index in [4.69, 9.17) is 14.6 Å². The maximum atomic E-state index is 13.7. The van der Waals surface area contributed by atoms with Gasteiger partial charge in [-0.05, 0) is 30.3 Å². The molecule has 0 radical (unpaired) electrons. The fraction of sp³-hybridized carbons (Fsp3) is 0.241. The summed E-state index contributed by atoms with van der Waals surface area (Å²) in [5.74, 6) is -0.266. The van der Waals surface area contributed by atoms with E-state index in [1.54, 1.807) is 36.4 Å². The smallest absolute Gasteiger partial charge is 0.416 e. The van der Waals surface area contributed by atoms with Crippen LogP contribution in [-0.4, -0.2) is 71.4 Å². The lowest BCUT2D eigenvalue weighted by atomic mass is 10.1. The van der Waals surface area contributed by atoms with Crippen LogP contribution >= 0.6 is 0 Å². The van der Waals surface area contributed by atoms with Crippen LogP contribution in [-0.2, 0) is 10.9 Å². The molecule has 1 aliphatic rings. The summed E-state index contributed by atoms with van der Waals surface area (Å²) in [6, 6.07) is 14.5. The fourth-order valence-corrected chi connectivity index (χ4v) is 4.53. The summed E-state index contributed by atoms with van der Waals surface area (Å²) in [6.45, 7) is 3.45. The van der Waals surface area contributed by atoms with E-state index in [2.05, 4.69) is 30.8 Å². The summed E-state index contributed by atoms with van der Waals surface area (Å²) in [4.78, 5) is 34.4. The van der Waals surface area contributed by atoms with Crippen molar-refractivity contribution < 1.29 is 37.3 Å². The largest absolute Gasteiger partial charge is 0.465 e. The highest BCUT2D eigenvalue weighted by Gasteiger charge is 2.32. The van der Waals surface area contributed by atoms with Crippen molar-refractivity contribution in [1.29, 1.82) is 0 Å². The van der Waals surface area contributed by atoms with Gasteiger partial charge < -0.3 is 25.2 Å². The van der Waals surface area contributed by atoms with Crippen molar-refractivity contribution in [3.05, 3.63) is 78.0 Å². The molecule has 3 aromatic carbocycles. The maximum absolute atomic E-state index is 13.7. The van der Waals surface area contributed by atoms with Crippen molar-refractivity contribution >= 4 is 40.1 Å². The molecule has 1 fully saturated rings. The van der Waals surface area contributed by atoms with E-state index in [1.165, 1.54) is 18.3 Å². The van der Waals surface area contributed by atoms with Crippen LogP contribution in [0.1, 0.15) is 15.9 Å². The monoisotopic (exact) mass is 596 g/mol. The van der Waals surface area contributed by atoms with E-state index in [1.807, 2.05) is 0 Å². The second kappa shape index (κ2) is 12.9. The minimum atomic E-state index is -4.70. The van der Waals surface area contributed by atoms with Gasteiger partial charge in [-0.25, -0.2) is 9.78 Å². The Morgan fingerprint density at radius 1 is 1.02 bits per heavy atom. The maximum Gasteiger partial charge on any atom is 0.416 e. The van der Waals surface area contributed by atoms with Gasteiger partial charge in [0.1, 0.15) is 5.75 Å². The molecule has 0 atom stereocenters. The summed E-state index contributed by atoms with van der Waals surface area (Å²) in [6.07, 6.45) is -4.55. The van der Waals surface area contributed by atoms with Gasteiger partial charge in [-0.3, -0.25) is 15.0 Å². The molecule has 11 nitrogen and oxygen atoms in total. The average Bonchev–Trinajstić information content (AvgIpc) is 2.98. The molecule has 2 heterocycles. The second-order valence-corrected chi connectivity index (χ2v) is 9.54. The Kier molecular flexibility index (Phi) is 8.87. The number of nitrogens with zero attached hydrogens (tertiary/aromatic N) is 3. The predicted molar refractivity (Wildman–Crippen MR) is 152 cm³/mol. The Hall–Kier alpha value is -4.95. The number of fused-ring (bicyclic) bond motifs is 1. The normalized spacial score (nSPS) is 13.8.